The molecular weight excluding hydrogens is 328 g/mol. The van der Waals surface area contributed by atoms with Crippen molar-refractivity contribution in [2.75, 3.05) is 20.3 Å². The highest BCUT2D eigenvalue weighted by molar-refractivity contribution is 5.77. The zero-order chi connectivity index (χ0) is 17.6. The number of rotatable bonds is 2. The molecule has 0 saturated heterocycles. The van der Waals surface area contributed by atoms with Crippen LogP contribution in [0.5, 0.6) is 23.0 Å². The van der Waals surface area contributed by atoms with Gasteiger partial charge in [0.05, 0.1) is 19.1 Å². The van der Waals surface area contributed by atoms with Gasteiger partial charge in [0.2, 0.25) is 5.75 Å². The number of hydrogen-bond donors (Lipinski definition) is 0. The van der Waals surface area contributed by atoms with Gasteiger partial charge in [0.15, 0.2) is 11.5 Å². The summed E-state index contributed by atoms with van der Waals surface area (Å²) < 4.78 is 27.0. The first-order valence-electron chi connectivity index (χ1n) is 7.89. The Bertz CT molecular complexity index is 895. The molecule has 1 aromatic carbocycles. The summed E-state index contributed by atoms with van der Waals surface area (Å²) in [7, 11) is 1.53. The molecule has 25 heavy (non-hydrogen) atoms. The lowest BCUT2D eigenvalue weighted by atomic mass is 9.87. The molecule has 0 unspecified atom stereocenters. The molecule has 0 amide bonds. The predicted molar refractivity (Wildman–Crippen MR) is 85.8 cm³/mol. The van der Waals surface area contributed by atoms with Crippen LogP contribution in [0.2, 0.25) is 0 Å². The molecule has 0 aliphatic carbocycles. The lowest BCUT2D eigenvalue weighted by Gasteiger charge is -2.26. The standard InChI is InChI=1S/C18H16O7/c1-9-5-12-16(18(20)24-9)11(8-15(19)25-12)10-6-13(21-2)17-14(7-10)22-3-4-23-17/h5-7,11H,3-4,8H2,1-2H3/t11-/m1/s1. The Morgan fingerprint density at radius 3 is 2.68 bits per heavy atom. The van der Waals surface area contributed by atoms with Crippen LogP contribution in [-0.2, 0) is 4.79 Å². The van der Waals surface area contributed by atoms with E-state index in [0.29, 0.717) is 47.3 Å². The van der Waals surface area contributed by atoms with Crippen LogP contribution in [0.4, 0.5) is 0 Å². The third kappa shape index (κ3) is 2.61. The van der Waals surface area contributed by atoms with E-state index in [2.05, 4.69) is 0 Å². The van der Waals surface area contributed by atoms with Gasteiger partial charge in [0, 0.05) is 12.0 Å². The van der Waals surface area contributed by atoms with Crippen LogP contribution in [0.3, 0.4) is 0 Å². The molecule has 0 radical (unpaired) electrons. The number of methoxy groups -OCH3 is 1. The van der Waals surface area contributed by atoms with Gasteiger partial charge >= 0.3 is 11.6 Å². The monoisotopic (exact) mass is 344 g/mol. The highest BCUT2D eigenvalue weighted by Crippen LogP contribution is 2.45. The van der Waals surface area contributed by atoms with E-state index in [9.17, 15) is 9.59 Å². The fraction of sp³-hybridized carbons (Fsp3) is 0.333. The van der Waals surface area contributed by atoms with Gasteiger partial charge in [-0.3, -0.25) is 4.79 Å². The Morgan fingerprint density at radius 1 is 1.08 bits per heavy atom. The first-order chi connectivity index (χ1) is 12.1. The van der Waals surface area contributed by atoms with Crippen molar-refractivity contribution in [2.24, 2.45) is 0 Å². The summed E-state index contributed by atoms with van der Waals surface area (Å²) >= 11 is 0. The molecule has 0 fully saturated rings. The SMILES string of the molecule is COc1cc([C@H]2CC(=O)Oc3cc(C)oc(=O)c32)cc2c1OCCO2. The van der Waals surface area contributed by atoms with Crippen molar-refractivity contribution in [1.29, 1.82) is 0 Å². The lowest BCUT2D eigenvalue weighted by Crippen LogP contribution is -2.27. The van der Waals surface area contributed by atoms with Crippen LogP contribution in [-0.4, -0.2) is 26.3 Å². The zero-order valence-corrected chi connectivity index (χ0v) is 13.8. The Kier molecular flexibility index (Phi) is 3.63. The topological polar surface area (TPSA) is 84.2 Å². The first-order valence-corrected chi connectivity index (χ1v) is 7.89. The molecule has 3 heterocycles. The minimum atomic E-state index is -0.513. The number of fused-ring (bicyclic) bond motifs is 2. The van der Waals surface area contributed by atoms with Gasteiger partial charge in [0.1, 0.15) is 24.7 Å². The predicted octanol–water partition coefficient (Wildman–Crippen LogP) is 2.17. The van der Waals surface area contributed by atoms with Crippen LogP contribution in [0, 0.1) is 6.92 Å². The number of hydrogen-bond acceptors (Lipinski definition) is 7. The van der Waals surface area contributed by atoms with Gasteiger partial charge in [-0.2, -0.15) is 0 Å². The molecule has 0 bridgehead atoms. The normalized spacial score (nSPS) is 18.3. The van der Waals surface area contributed by atoms with Crippen LogP contribution >= 0.6 is 0 Å². The fourth-order valence-electron chi connectivity index (χ4n) is 3.20. The van der Waals surface area contributed by atoms with E-state index >= 15 is 0 Å². The molecule has 2 aliphatic heterocycles. The van der Waals surface area contributed by atoms with Crippen molar-refractivity contribution in [3.05, 3.63) is 45.5 Å². The molecule has 2 aliphatic rings. The van der Waals surface area contributed by atoms with E-state index in [4.69, 9.17) is 23.4 Å². The quantitative estimate of drug-likeness (QED) is 0.772. The maximum Gasteiger partial charge on any atom is 0.343 e. The molecule has 2 aromatic rings. The maximum atomic E-state index is 12.4. The van der Waals surface area contributed by atoms with E-state index < -0.39 is 17.5 Å². The summed E-state index contributed by atoms with van der Waals surface area (Å²) in [5.74, 6) is 1.25. The minimum Gasteiger partial charge on any atom is -0.493 e. The fourth-order valence-corrected chi connectivity index (χ4v) is 3.20. The highest BCUT2D eigenvalue weighted by atomic mass is 16.6. The van der Waals surface area contributed by atoms with Crippen molar-refractivity contribution >= 4 is 5.97 Å². The Balaban J connectivity index is 1.89. The van der Waals surface area contributed by atoms with Crippen molar-refractivity contribution < 1.29 is 28.2 Å². The van der Waals surface area contributed by atoms with Crippen LogP contribution in [0.15, 0.2) is 27.4 Å². The second-order valence-electron chi connectivity index (χ2n) is 5.90. The van der Waals surface area contributed by atoms with E-state index in [1.54, 1.807) is 25.1 Å². The molecule has 130 valence electrons. The highest BCUT2D eigenvalue weighted by Gasteiger charge is 2.34. The van der Waals surface area contributed by atoms with Crippen LogP contribution in [0.1, 0.15) is 29.2 Å². The molecule has 0 N–H and O–H groups in total. The second-order valence-corrected chi connectivity index (χ2v) is 5.90. The number of esters is 1. The summed E-state index contributed by atoms with van der Waals surface area (Å²) in [5.41, 5.74) is 0.514. The zero-order valence-electron chi connectivity index (χ0n) is 13.8. The maximum absolute atomic E-state index is 12.4. The van der Waals surface area contributed by atoms with Crippen LogP contribution in [0.25, 0.3) is 0 Å². The van der Waals surface area contributed by atoms with Gasteiger partial charge < -0.3 is 23.4 Å². The van der Waals surface area contributed by atoms with E-state index in [0.717, 1.165) is 0 Å². The molecule has 7 heteroatoms. The van der Waals surface area contributed by atoms with Gasteiger partial charge in [-0.15, -0.1) is 0 Å². The third-order valence-corrected chi connectivity index (χ3v) is 4.27. The average Bonchev–Trinajstić information content (AvgIpc) is 2.59. The summed E-state index contributed by atoms with van der Waals surface area (Å²) in [4.78, 5) is 24.4. The molecule has 7 nitrogen and oxygen atoms in total. The lowest BCUT2D eigenvalue weighted by molar-refractivity contribution is -0.135. The number of aryl methyl sites for hydroxylation is 1. The Hall–Kier alpha value is -2.96. The van der Waals surface area contributed by atoms with Crippen molar-refractivity contribution in [3.8, 4) is 23.0 Å². The minimum absolute atomic E-state index is 0.0314. The smallest absolute Gasteiger partial charge is 0.343 e. The number of benzene rings is 1. The molecule has 4 rings (SSSR count). The van der Waals surface area contributed by atoms with E-state index in [1.807, 2.05) is 0 Å². The molecule has 0 spiro atoms. The summed E-state index contributed by atoms with van der Waals surface area (Å²) in [6.07, 6.45) is 0.0314. The number of carbonyl (C=O) groups excluding carboxylic acids is 1. The third-order valence-electron chi connectivity index (χ3n) is 4.27. The largest absolute Gasteiger partial charge is 0.493 e. The summed E-state index contributed by atoms with van der Waals surface area (Å²) in [6, 6.07) is 5.07. The van der Waals surface area contributed by atoms with Crippen molar-refractivity contribution in [2.45, 2.75) is 19.3 Å². The number of carbonyl (C=O) groups is 1. The van der Waals surface area contributed by atoms with Gasteiger partial charge in [-0.05, 0) is 24.6 Å². The Morgan fingerprint density at radius 2 is 1.88 bits per heavy atom. The van der Waals surface area contributed by atoms with Crippen LogP contribution < -0.4 is 24.6 Å². The molecule has 0 saturated carbocycles. The van der Waals surface area contributed by atoms with Gasteiger partial charge in [-0.1, -0.05) is 0 Å². The van der Waals surface area contributed by atoms with Crippen molar-refractivity contribution in [3.63, 3.8) is 0 Å². The summed E-state index contributed by atoms with van der Waals surface area (Å²) in [5, 5.41) is 0. The Labute approximate surface area is 143 Å². The molecule has 1 aromatic heterocycles. The van der Waals surface area contributed by atoms with E-state index in [1.165, 1.54) is 7.11 Å². The average molecular weight is 344 g/mol. The van der Waals surface area contributed by atoms with Crippen molar-refractivity contribution in [1.82, 2.24) is 0 Å². The number of ether oxygens (including phenoxy) is 4. The molecule has 1 atom stereocenters. The van der Waals surface area contributed by atoms with Gasteiger partial charge in [-0.25, -0.2) is 4.79 Å². The van der Waals surface area contributed by atoms with E-state index in [-0.39, 0.29) is 12.2 Å². The molecular formula is C18H16O7. The van der Waals surface area contributed by atoms with Gasteiger partial charge in [0.25, 0.3) is 0 Å². The first kappa shape index (κ1) is 15.6. The second kappa shape index (κ2) is 5.84. The summed E-state index contributed by atoms with van der Waals surface area (Å²) in [6.45, 7) is 2.49.